The predicted molar refractivity (Wildman–Crippen MR) is 59.9 cm³/mol. The molecule has 1 unspecified atom stereocenters. The average Bonchev–Trinajstić information content (AvgIpc) is 2.22. The molecule has 16 heavy (non-hydrogen) atoms. The van der Waals surface area contributed by atoms with Gasteiger partial charge in [0.25, 0.3) is 0 Å². The molecule has 4 nitrogen and oxygen atoms in total. The largest absolute Gasteiger partial charge is 0.508 e. The quantitative estimate of drug-likeness (QED) is 0.820. The van der Waals surface area contributed by atoms with Gasteiger partial charge >= 0.3 is 5.97 Å². The number of aliphatic carboxylic acids is 1. The molecule has 4 heteroatoms. The van der Waals surface area contributed by atoms with Crippen LogP contribution in [-0.2, 0) is 11.2 Å². The van der Waals surface area contributed by atoms with E-state index >= 15 is 0 Å². The maximum absolute atomic E-state index is 10.7. The van der Waals surface area contributed by atoms with Crippen molar-refractivity contribution < 1.29 is 19.7 Å². The van der Waals surface area contributed by atoms with Gasteiger partial charge in [0.15, 0.2) is 0 Å². The van der Waals surface area contributed by atoms with Crippen molar-refractivity contribution in [1.29, 1.82) is 0 Å². The number of methoxy groups -OCH3 is 1. The fourth-order valence-electron chi connectivity index (χ4n) is 1.54. The van der Waals surface area contributed by atoms with Gasteiger partial charge in [0.05, 0.1) is 13.0 Å². The van der Waals surface area contributed by atoms with E-state index in [1.165, 1.54) is 13.2 Å². The summed E-state index contributed by atoms with van der Waals surface area (Å²) in [6.07, 6.45) is 0.312. The molecule has 1 atom stereocenters. The molecule has 0 saturated carbocycles. The Bertz CT molecular complexity index is 398. The van der Waals surface area contributed by atoms with Gasteiger partial charge in [0.2, 0.25) is 0 Å². The molecule has 0 heterocycles. The average molecular weight is 224 g/mol. The molecule has 1 aromatic rings. The molecule has 1 aromatic carbocycles. The van der Waals surface area contributed by atoms with Crippen LogP contribution in [0.1, 0.15) is 18.1 Å². The Balaban J connectivity index is 2.98. The first-order valence-corrected chi connectivity index (χ1v) is 5.05. The first-order chi connectivity index (χ1) is 7.45. The van der Waals surface area contributed by atoms with Crippen molar-refractivity contribution in [2.45, 2.75) is 20.3 Å². The summed E-state index contributed by atoms with van der Waals surface area (Å²) in [6.45, 7) is 3.47. The number of aryl methyl sites for hydroxylation is 1. The minimum absolute atomic E-state index is 0.0792. The lowest BCUT2D eigenvalue weighted by Gasteiger charge is -2.11. The fraction of sp³-hybridized carbons (Fsp3) is 0.417. The number of hydrogen-bond acceptors (Lipinski definition) is 3. The Kier molecular flexibility index (Phi) is 3.77. The van der Waals surface area contributed by atoms with E-state index < -0.39 is 11.9 Å². The van der Waals surface area contributed by atoms with Gasteiger partial charge in [-0.15, -0.1) is 0 Å². The lowest BCUT2D eigenvalue weighted by molar-refractivity contribution is -0.141. The highest BCUT2D eigenvalue weighted by molar-refractivity contribution is 5.70. The Hall–Kier alpha value is -1.71. The third-order valence-corrected chi connectivity index (χ3v) is 2.54. The van der Waals surface area contributed by atoms with Gasteiger partial charge in [-0.2, -0.15) is 0 Å². The van der Waals surface area contributed by atoms with Gasteiger partial charge in [-0.3, -0.25) is 4.79 Å². The molecule has 0 spiro atoms. The fourth-order valence-corrected chi connectivity index (χ4v) is 1.54. The van der Waals surface area contributed by atoms with E-state index in [0.29, 0.717) is 17.7 Å². The van der Waals surface area contributed by atoms with E-state index in [1.807, 2.05) is 6.92 Å². The minimum atomic E-state index is -0.868. The monoisotopic (exact) mass is 224 g/mol. The van der Waals surface area contributed by atoms with E-state index in [2.05, 4.69) is 0 Å². The molecule has 0 fully saturated rings. The van der Waals surface area contributed by atoms with Gasteiger partial charge < -0.3 is 14.9 Å². The van der Waals surface area contributed by atoms with Crippen molar-refractivity contribution >= 4 is 5.97 Å². The summed E-state index contributed by atoms with van der Waals surface area (Å²) in [4.78, 5) is 10.7. The normalized spacial score (nSPS) is 12.2. The Morgan fingerprint density at radius 1 is 1.50 bits per heavy atom. The standard InChI is InChI=1S/C12H16O4/c1-7-4-9(5-8(2)12(14)15)10(13)6-11(7)16-3/h4,6,8,13H,5H2,1-3H3,(H,14,15). The van der Waals surface area contributed by atoms with Crippen LogP contribution in [0.15, 0.2) is 12.1 Å². The molecule has 0 aromatic heterocycles. The minimum Gasteiger partial charge on any atom is -0.508 e. The van der Waals surface area contributed by atoms with Crippen LogP contribution in [0.25, 0.3) is 0 Å². The number of carboxylic acid groups (broad SMARTS) is 1. The Morgan fingerprint density at radius 3 is 2.62 bits per heavy atom. The van der Waals surface area contributed by atoms with Crippen molar-refractivity contribution in [2.75, 3.05) is 7.11 Å². The number of ether oxygens (including phenoxy) is 1. The molecular formula is C12H16O4. The first-order valence-electron chi connectivity index (χ1n) is 5.05. The van der Waals surface area contributed by atoms with Crippen LogP contribution in [0.2, 0.25) is 0 Å². The lowest BCUT2D eigenvalue weighted by atomic mass is 9.98. The van der Waals surface area contributed by atoms with E-state index in [4.69, 9.17) is 9.84 Å². The summed E-state index contributed by atoms with van der Waals surface area (Å²) in [5, 5.41) is 18.5. The number of rotatable bonds is 4. The van der Waals surface area contributed by atoms with Gasteiger partial charge in [0, 0.05) is 6.07 Å². The second-order valence-corrected chi connectivity index (χ2v) is 3.89. The number of aromatic hydroxyl groups is 1. The summed E-state index contributed by atoms with van der Waals surface area (Å²) in [5.74, 6) is -0.702. The van der Waals surface area contributed by atoms with Gasteiger partial charge in [-0.05, 0) is 30.5 Å². The molecule has 1 rings (SSSR count). The number of carboxylic acids is 1. The Labute approximate surface area is 94.5 Å². The van der Waals surface area contributed by atoms with Crippen molar-refractivity contribution in [1.82, 2.24) is 0 Å². The molecule has 0 aliphatic carbocycles. The maximum Gasteiger partial charge on any atom is 0.306 e. The third kappa shape index (κ3) is 2.66. The molecule has 2 N–H and O–H groups in total. The second kappa shape index (κ2) is 4.88. The Morgan fingerprint density at radius 2 is 2.12 bits per heavy atom. The van der Waals surface area contributed by atoms with Crippen LogP contribution >= 0.6 is 0 Å². The van der Waals surface area contributed by atoms with Crippen LogP contribution < -0.4 is 4.74 Å². The molecule has 0 aliphatic heterocycles. The van der Waals surface area contributed by atoms with Crippen molar-refractivity contribution in [3.8, 4) is 11.5 Å². The summed E-state index contributed by atoms with van der Waals surface area (Å²) >= 11 is 0. The number of hydrogen-bond donors (Lipinski definition) is 2. The van der Waals surface area contributed by atoms with E-state index in [1.54, 1.807) is 13.0 Å². The lowest BCUT2D eigenvalue weighted by Crippen LogP contribution is -2.12. The zero-order chi connectivity index (χ0) is 12.3. The second-order valence-electron chi connectivity index (χ2n) is 3.89. The number of benzene rings is 1. The summed E-state index contributed by atoms with van der Waals surface area (Å²) in [6, 6.07) is 3.27. The van der Waals surface area contributed by atoms with Crippen LogP contribution in [0, 0.1) is 12.8 Å². The van der Waals surface area contributed by atoms with Crippen LogP contribution in [0.4, 0.5) is 0 Å². The molecule has 0 amide bonds. The highest BCUT2D eigenvalue weighted by atomic mass is 16.5. The highest BCUT2D eigenvalue weighted by Gasteiger charge is 2.15. The summed E-state index contributed by atoms with van der Waals surface area (Å²) in [7, 11) is 1.53. The van der Waals surface area contributed by atoms with Crippen molar-refractivity contribution in [3.63, 3.8) is 0 Å². The number of phenolic OH excluding ortho intramolecular Hbond substituents is 1. The van der Waals surface area contributed by atoms with Crippen LogP contribution in [-0.4, -0.2) is 23.3 Å². The van der Waals surface area contributed by atoms with Crippen molar-refractivity contribution in [2.24, 2.45) is 5.92 Å². The smallest absolute Gasteiger partial charge is 0.306 e. The highest BCUT2D eigenvalue weighted by Crippen LogP contribution is 2.29. The van der Waals surface area contributed by atoms with Crippen LogP contribution in [0.5, 0.6) is 11.5 Å². The zero-order valence-corrected chi connectivity index (χ0v) is 9.65. The van der Waals surface area contributed by atoms with Crippen LogP contribution in [0.3, 0.4) is 0 Å². The molecule has 88 valence electrons. The van der Waals surface area contributed by atoms with E-state index in [0.717, 1.165) is 5.56 Å². The zero-order valence-electron chi connectivity index (χ0n) is 9.65. The molecule has 0 radical (unpaired) electrons. The van der Waals surface area contributed by atoms with E-state index in [-0.39, 0.29) is 5.75 Å². The summed E-state index contributed by atoms with van der Waals surface area (Å²) < 4.78 is 5.06. The first kappa shape index (κ1) is 12.4. The topological polar surface area (TPSA) is 66.8 Å². The number of carbonyl (C=O) groups is 1. The molecular weight excluding hydrogens is 208 g/mol. The van der Waals surface area contributed by atoms with Gasteiger partial charge in [-0.25, -0.2) is 0 Å². The molecule has 0 bridgehead atoms. The summed E-state index contributed by atoms with van der Waals surface area (Å²) in [5.41, 5.74) is 1.51. The number of phenols is 1. The van der Waals surface area contributed by atoms with Gasteiger partial charge in [0.1, 0.15) is 11.5 Å². The molecule has 0 aliphatic rings. The van der Waals surface area contributed by atoms with Gasteiger partial charge in [-0.1, -0.05) is 6.92 Å². The molecule has 0 saturated heterocycles. The maximum atomic E-state index is 10.7. The van der Waals surface area contributed by atoms with Crippen molar-refractivity contribution in [3.05, 3.63) is 23.3 Å². The third-order valence-electron chi connectivity index (χ3n) is 2.54. The van der Waals surface area contributed by atoms with E-state index in [9.17, 15) is 9.90 Å². The predicted octanol–water partition coefficient (Wildman–Crippen LogP) is 1.97. The SMILES string of the molecule is COc1cc(O)c(CC(C)C(=O)O)cc1C.